The maximum absolute atomic E-state index is 13.5. The van der Waals surface area contributed by atoms with Gasteiger partial charge >= 0.3 is 0 Å². The van der Waals surface area contributed by atoms with Gasteiger partial charge in [-0.05, 0) is 55.8 Å². The summed E-state index contributed by atoms with van der Waals surface area (Å²) in [5, 5.41) is 9.53. The van der Waals surface area contributed by atoms with Crippen LogP contribution >= 0.6 is 23.5 Å². The average Bonchev–Trinajstić information content (AvgIpc) is 3.26. The highest BCUT2D eigenvalue weighted by Gasteiger charge is 2.20. The van der Waals surface area contributed by atoms with E-state index in [2.05, 4.69) is 20.1 Å². The molecule has 194 valence electrons. The van der Waals surface area contributed by atoms with Gasteiger partial charge in [-0.1, -0.05) is 29.6 Å². The number of pyridine rings is 1. The highest BCUT2D eigenvalue weighted by molar-refractivity contribution is 7.97. The van der Waals surface area contributed by atoms with Crippen LogP contribution in [0.3, 0.4) is 0 Å². The van der Waals surface area contributed by atoms with Crippen molar-refractivity contribution in [2.45, 2.75) is 19.9 Å². The molecule has 0 radical (unpaired) electrons. The highest BCUT2D eigenvalue weighted by atomic mass is 35.5. The van der Waals surface area contributed by atoms with Gasteiger partial charge in [0.2, 0.25) is 0 Å². The summed E-state index contributed by atoms with van der Waals surface area (Å²) in [6, 6.07) is 12.7. The lowest BCUT2D eigenvalue weighted by Gasteiger charge is -2.20. The third kappa shape index (κ3) is 4.72. The van der Waals surface area contributed by atoms with E-state index in [4.69, 9.17) is 16.6 Å². The molecule has 0 saturated carbocycles. The van der Waals surface area contributed by atoms with Crippen molar-refractivity contribution < 1.29 is 4.79 Å². The molecule has 0 bridgehead atoms. The fraction of sp³-hybridized carbons (Fsp3) is 0.222. The molecule has 0 fully saturated rings. The number of benzene rings is 2. The topological polar surface area (TPSA) is 107 Å². The Kier molecular flexibility index (Phi) is 6.85. The Morgan fingerprint density at radius 1 is 1.11 bits per heavy atom. The zero-order valence-electron chi connectivity index (χ0n) is 21.5. The zero-order valence-corrected chi connectivity index (χ0v) is 23.1. The van der Waals surface area contributed by atoms with Crippen LogP contribution in [0.5, 0.6) is 0 Å². The fourth-order valence-corrected chi connectivity index (χ4v) is 5.04. The molecule has 1 atom stereocenters. The van der Waals surface area contributed by atoms with Crippen LogP contribution < -0.4 is 15.6 Å². The number of hydrogen-bond donors (Lipinski definition) is 2. The molecule has 1 amide bonds. The molecule has 2 aromatic carbocycles. The van der Waals surface area contributed by atoms with Crippen molar-refractivity contribution in [1.29, 1.82) is 0 Å². The predicted molar refractivity (Wildman–Crippen MR) is 154 cm³/mol. The van der Waals surface area contributed by atoms with Gasteiger partial charge in [0.05, 0.1) is 28.1 Å². The number of aromatic nitrogens is 5. The van der Waals surface area contributed by atoms with Gasteiger partial charge in [-0.25, -0.2) is 9.97 Å². The summed E-state index contributed by atoms with van der Waals surface area (Å²) in [7, 11) is 3.61. The third-order valence-electron chi connectivity index (χ3n) is 6.34. The first-order valence-corrected chi connectivity index (χ1v) is 13.5. The number of nitrogens with zero attached hydrogens (tertiary/aromatic N) is 5. The Morgan fingerprint density at radius 3 is 2.66 bits per heavy atom. The Bertz CT molecular complexity index is 1780. The first kappa shape index (κ1) is 25.7. The molecular weight excluding hydrogens is 522 g/mol. The number of rotatable bonds is 6. The van der Waals surface area contributed by atoms with Gasteiger partial charge in [0.1, 0.15) is 11.0 Å². The van der Waals surface area contributed by atoms with E-state index in [1.165, 1.54) is 11.9 Å². The summed E-state index contributed by atoms with van der Waals surface area (Å²) in [6.45, 7) is 3.90. The monoisotopic (exact) mass is 547 g/mol. The highest BCUT2D eigenvalue weighted by Crippen LogP contribution is 2.30. The van der Waals surface area contributed by atoms with Crippen LogP contribution in [0, 0.1) is 6.92 Å². The van der Waals surface area contributed by atoms with E-state index in [0.717, 1.165) is 27.6 Å². The molecule has 5 rings (SSSR count). The van der Waals surface area contributed by atoms with Gasteiger partial charge in [-0.15, -0.1) is 0 Å². The van der Waals surface area contributed by atoms with E-state index in [-0.39, 0.29) is 28.4 Å². The molecule has 0 aliphatic heterocycles. The van der Waals surface area contributed by atoms with Crippen molar-refractivity contribution in [3.05, 3.63) is 81.0 Å². The number of amides is 1. The van der Waals surface area contributed by atoms with Crippen LogP contribution in [-0.4, -0.2) is 36.5 Å². The summed E-state index contributed by atoms with van der Waals surface area (Å²) >= 11 is 7.26. The van der Waals surface area contributed by atoms with Crippen molar-refractivity contribution in [3.63, 3.8) is 0 Å². The van der Waals surface area contributed by atoms with Crippen molar-refractivity contribution in [2.24, 2.45) is 14.1 Å². The Labute approximate surface area is 228 Å². The third-order valence-corrected chi connectivity index (χ3v) is 6.94. The van der Waals surface area contributed by atoms with Gasteiger partial charge in [-0.3, -0.25) is 23.6 Å². The lowest BCUT2D eigenvalue weighted by atomic mass is 10.0. The SMILES string of the molecule is CSNC(=O)c1nc(Cl)ccc1NC(C)c1cc(C)cc2c(=O)n(C)c(-c3ccc4nn(C)cc4c3)nc12. The van der Waals surface area contributed by atoms with Crippen LogP contribution in [0.2, 0.25) is 5.15 Å². The van der Waals surface area contributed by atoms with Gasteiger partial charge in [0, 0.05) is 43.1 Å². The molecule has 0 spiro atoms. The van der Waals surface area contributed by atoms with E-state index in [9.17, 15) is 9.59 Å². The van der Waals surface area contributed by atoms with Crippen LogP contribution in [0.1, 0.15) is 34.6 Å². The summed E-state index contributed by atoms with van der Waals surface area (Å²) < 4.78 is 6.03. The number of aryl methyl sites for hydroxylation is 2. The van der Waals surface area contributed by atoms with Crippen LogP contribution in [-0.2, 0) is 14.1 Å². The summed E-state index contributed by atoms with van der Waals surface area (Å²) in [4.78, 5) is 35.4. The first-order valence-electron chi connectivity index (χ1n) is 11.9. The zero-order chi connectivity index (χ0) is 27.1. The molecule has 5 aromatic rings. The van der Waals surface area contributed by atoms with Crippen LogP contribution in [0.15, 0.2) is 53.5 Å². The molecule has 3 aromatic heterocycles. The standard InChI is InChI=1S/C27H26ClN7O2S/c1-14-10-18(15(2)29-21-8-9-22(28)30-24(21)26(36)33-38-5)23-19(11-14)27(37)35(4)25(31-23)16-6-7-20-17(12-16)13-34(3)32-20/h6-13,15,29H,1-5H3,(H,33,36). The van der Waals surface area contributed by atoms with Gasteiger partial charge in [-0.2, -0.15) is 5.10 Å². The second-order valence-corrected chi connectivity index (χ2v) is 10.2. The minimum atomic E-state index is -0.358. The van der Waals surface area contributed by atoms with E-state index >= 15 is 0 Å². The van der Waals surface area contributed by atoms with Crippen LogP contribution in [0.4, 0.5) is 5.69 Å². The summed E-state index contributed by atoms with van der Waals surface area (Å²) in [5.41, 5.74) is 4.61. The smallest absolute Gasteiger partial charge is 0.281 e. The van der Waals surface area contributed by atoms with E-state index in [1.54, 1.807) is 34.7 Å². The molecule has 2 N–H and O–H groups in total. The lowest BCUT2D eigenvalue weighted by molar-refractivity contribution is 0.0980. The molecule has 0 aliphatic rings. The second-order valence-electron chi connectivity index (χ2n) is 9.16. The normalized spacial score (nSPS) is 12.2. The summed E-state index contributed by atoms with van der Waals surface area (Å²) in [6.07, 6.45) is 3.69. The fourth-order valence-electron chi connectivity index (χ4n) is 4.61. The van der Waals surface area contributed by atoms with Crippen molar-refractivity contribution in [3.8, 4) is 11.4 Å². The maximum Gasteiger partial charge on any atom is 0.281 e. The average molecular weight is 548 g/mol. The number of nitrogens with one attached hydrogen (secondary N) is 2. The molecule has 0 saturated heterocycles. The molecule has 11 heteroatoms. The summed E-state index contributed by atoms with van der Waals surface area (Å²) in [5.74, 6) is 0.197. The Balaban J connectivity index is 1.64. The van der Waals surface area contributed by atoms with Gasteiger partial charge in [0.15, 0.2) is 5.69 Å². The van der Waals surface area contributed by atoms with Crippen molar-refractivity contribution in [1.82, 2.24) is 29.0 Å². The molecule has 0 aliphatic carbocycles. The number of hydrogen-bond acceptors (Lipinski definition) is 7. The van der Waals surface area contributed by atoms with E-state index in [0.29, 0.717) is 22.4 Å². The Morgan fingerprint density at radius 2 is 1.89 bits per heavy atom. The largest absolute Gasteiger partial charge is 0.377 e. The number of carbonyl (C=O) groups is 1. The van der Waals surface area contributed by atoms with Crippen molar-refractivity contribution >= 4 is 56.9 Å². The molecule has 38 heavy (non-hydrogen) atoms. The van der Waals surface area contributed by atoms with Crippen molar-refractivity contribution in [2.75, 3.05) is 11.6 Å². The number of carbonyl (C=O) groups excluding carboxylic acids is 1. The minimum absolute atomic E-state index is 0.137. The maximum atomic E-state index is 13.5. The Hall–Kier alpha value is -3.89. The molecular formula is C27H26ClN7O2S. The second kappa shape index (κ2) is 10.1. The number of anilines is 1. The first-order chi connectivity index (χ1) is 18.2. The molecule has 1 unspecified atom stereocenters. The minimum Gasteiger partial charge on any atom is -0.377 e. The quantitative estimate of drug-likeness (QED) is 0.227. The van der Waals surface area contributed by atoms with Gasteiger partial charge in [0.25, 0.3) is 11.5 Å². The lowest BCUT2D eigenvalue weighted by Crippen LogP contribution is -2.22. The number of fused-ring (bicyclic) bond motifs is 2. The van der Waals surface area contributed by atoms with Crippen LogP contribution in [0.25, 0.3) is 33.2 Å². The molecule has 9 nitrogen and oxygen atoms in total. The number of halogens is 1. The van der Waals surface area contributed by atoms with Gasteiger partial charge < -0.3 is 5.32 Å². The van der Waals surface area contributed by atoms with E-state index < -0.39 is 0 Å². The predicted octanol–water partition coefficient (Wildman–Crippen LogP) is 5.02. The molecule has 3 heterocycles. The van der Waals surface area contributed by atoms with E-state index in [1.807, 2.05) is 57.4 Å².